The molecule has 2 aliphatic rings. The molecule has 4 nitrogen and oxygen atoms in total. The summed E-state index contributed by atoms with van der Waals surface area (Å²) < 4.78 is 0. The average molecular weight is 438 g/mol. The normalized spacial score (nSPS) is 19.5. The Hall–Kier alpha value is -2.15. The number of nitrogens with one attached hydrogen (secondary N) is 1. The molecule has 1 amide bonds. The van der Waals surface area contributed by atoms with Crippen LogP contribution in [0, 0.1) is 0 Å². The molecular weight excluding hydrogens is 410 g/mol. The van der Waals surface area contributed by atoms with Crippen molar-refractivity contribution in [3.05, 3.63) is 68.5 Å². The van der Waals surface area contributed by atoms with Crippen molar-refractivity contribution < 1.29 is 4.79 Å². The number of hydrogen-bond acceptors (Lipinski definition) is 5. The van der Waals surface area contributed by atoms with Crippen LogP contribution in [0.3, 0.4) is 0 Å². The Bertz CT molecular complexity index is 974. The lowest BCUT2D eigenvalue weighted by Crippen LogP contribution is -2.40. The number of piperidine rings is 1. The van der Waals surface area contributed by atoms with E-state index in [-0.39, 0.29) is 11.9 Å². The monoisotopic (exact) mass is 437 g/mol. The lowest BCUT2D eigenvalue weighted by Gasteiger charge is -2.34. The number of amides is 1. The van der Waals surface area contributed by atoms with E-state index in [1.807, 2.05) is 23.5 Å². The molecule has 1 atom stereocenters. The highest BCUT2D eigenvalue weighted by atomic mass is 32.1. The minimum Gasteiger partial charge on any atom is -0.372 e. The fraction of sp³-hybridized carbons (Fsp3) is 0.375. The number of benzene rings is 1. The second-order valence-corrected chi connectivity index (χ2v) is 10.1. The minimum absolute atomic E-state index is 0.0564. The first-order valence-corrected chi connectivity index (χ1v) is 12.5. The van der Waals surface area contributed by atoms with Crippen LogP contribution in [0.1, 0.15) is 40.6 Å². The predicted molar refractivity (Wildman–Crippen MR) is 127 cm³/mol. The molecule has 2 aromatic heterocycles. The van der Waals surface area contributed by atoms with Gasteiger partial charge in [-0.15, -0.1) is 22.7 Å². The maximum Gasteiger partial charge on any atom is 0.238 e. The highest BCUT2D eigenvalue weighted by Crippen LogP contribution is 2.39. The molecule has 2 aliphatic heterocycles. The van der Waals surface area contributed by atoms with Gasteiger partial charge in [-0.2, -0.15) is 0 Å². The average Bonchev–Trinajstić information content (AvgIpc) is 3.47. The van der Waals surface area contributed by atoms with Crippen molar-refractivity contribution in [2.45, 2.75) is 31.7 Å². The number of anilines is 2. The van der Waals surface area contributed by atoms with Crippen LogP contribution in [0.5, 0.6) is 0 Å². The van der Waals surface area contributed by atoms with Crippen LogP contribution in [-0.4, -0.2) is 37.0 Å². The first kappa shape index (κ1) is 19.8. The first-order chi connectivity index (χ1) is 14.8. The van der Waals surface area contributed by atoms with Gasteiger partial charge in [-0.1, -0.05) is 6.07 Å². The summed E-state index contributed by atoms with van der Waals surface area (Å²) in [6.07, 6.45) is 4.89. The second-order valence-electron chi connectivity index (χ2n) is 8.08. The molecule has 1 aromatic carbocycles. The zero-order chi connectivity index (χ0) is 20.3. The zero-order valence-electron chi connectivity index (χ0n) is 17.0. The van der Waals surface area contributed by atoms with Crippen molar-refractivity contribution >= 4 is 40.0 Å². The van der Waals surface area contributed by atoms with E-state index in [2.05, 4.69) is 56.2 Å². The van der Waals surface area contributed by atoms with Gasteiger partial charge in [0, 0.05) is 40.8 Å². The van der Waals surface area contributed by atoms with Gasteiger partial charge in [0.2, 0.25) is 5.91 Å². The lowest BCUT2D eigenvalue weighted by atomic mass is 9.98. The Morgan fingerprint density at radius 1 is 0.967 bits per heavy atom. The molecule has 1 unspecified atom stereocenters. The summed E-state index contributed by atoms with van der Waals surface area (Å²) in [5.41, 5.74) is 3.50. The molecule has 5 rings (SSSR count). The fourth-order valence-corrected chi connectivity index (χ4v) is 6.39. The van der Waals surface area contributed by atoms with Crippen molar-refractivity contribution in [1.82, 2.24) is 4.90 Å². The van der Waals surface area contributed by atoms with Crippen LogP contribution >= 0.6 is 22.7 Å². The van der Waals surface area contributed by atoms with Crippen LogP contribution in [0.25, 0.3) is 0 Å². The Morgan fingerprint density at radius 2 is 1.80 bits per heavy atom. The molecule has 0 radical (unpaired) electrons. The van der Waals surface area contributed by atoms with E-state index in [0.29, 0.717) is 6.54 Å². The smallest absolute Gasteiger partial charge is 0.238 e. The van der Waals surface area contributed by atoms with Crippen LogP contribution in [0.4, 0.5) is 11.4 Å². The summed E-state index contributed by atoms with van der Waals surface area (Å²) in [5.74, 6) is 0.0564. The third-order valence-electron chi connectivity index (χ3n) is 6.10. The lowest BCUT2D eigenvalue weighted by molar-refractivity contribution is -0.117. The largest absolute Gasteiger partial charge is 0.372 e. The second kappa shape index (κ2) is 8.92. The molecule has 3 aromatic rings. The molecule has 1 fully saturated rings. The van der Waals surface area contributed by atoms with Crippen molar-refractivity contribution in [2.24, 2.45) is 0 Å². The Kier molecular flexibility index (Phi) is 5.88. The van der Waals surface area contributed by atoms with E-state index in [1.54, 1.807) is 11.3 Å². The summed E-state index contributed by atoms with van der Waals surface area (Å²) in [6.45, 7) is 3.59. The van der Waals surface area contributed by atoms with Gasteiger partial charge in [-0.3, -0.25) is 9.69 Å². The minimum atomic E-state index is 0.0564. The summed E-state index contributed by atoms with van der Waals surface area (Å²) in [4.78, 5) is 20.4. The van der Waals surface area contributed by atoms with Gasteiger partial charge in [0.25, 0.3) is 0 Å². The Labute approximate surface area is 186 Å². The highest BCUT2D eigenvalue weighted by Gasteiger charge is 2.31. The molecule has 0 spiro atoms. The number of thiophene rings is 2. The molecule has 0 saturated carbocycles. The van der Waals surface area contributed by atoms with E-state index >= 15 is 0 Å². The van der Waals surface area contributed by atoms with Crippen molar-refractivity contribution in [3.8, 4) is 0 Å². The number of carbonyl (C=O) groups is 1. The van der Waals surface area contributed by atoms with Crippen LogP contribution in [0.2, 0.25) is 0 Å². The summed E-state index contributed by atoms with van der Waals surface area (Å²) in [7, 11) is 0. The summed E-state index contributed by atoms with van der Waals surface area (Å²) in [5, 5.41) is 7.41. The van der Waals surface area contributed by atoms with E-state index in [0.717, 1.165) is 31.7 Å². The topological polar surface area (TPSA) is 35.6 Å². The van der Waals surface area contributed by atoms with Crippen LogP contribution in [-0.2, 0) is 11.2 Å². The molecule has 1 saturated heterocycles. The van der Waals surface area contributed by atoms with Gasteiger partial charge >= 0.3 is 0 Å². The van der Waals surface area contributed by atoms with Crippen molar-refractivity contribution in [1.29, 1.82) is 0 Å². The third kappa shape index (κ3) is 4.17. The Balaban J connectivity index is 1.26. The molecule has 30 heavy (non-hydrogen) atoms. The van der Waals surface area contributed by atoms with Crippen molar-refractivity contribution in [2.75, 3.05) is 36.4 Å². The number of rotatable bonds is 5. The van der Waals surface area contributed by atoms with Gasteiger partial charge in [-0.05, 0) is 78.4 Å². The quantitative estimate of drug-likeness (QED) is 0.582. The molecule has 0 bridgehead atoms. The number of nitrogens with zero attached hydrogens (tertiary/aromatic N) is 2. The van der Waals surface area contributed by atoms with Crippen molar-refractivity contribution in [3.63, 3.8) is 0 Å². The first-order valence-electron chi connectivity index (χ1n) is 10.8. The van der Waals surface area contributed by atoms with Gasteiger partial charge < -0.3 is 10.2 Å². The maximum absolute atomic E-state index is 12.9. The van der Waals surface area contributed by atoms with E-state index < -0.39 is 0 Å². The molecular formula is C24H27N3OS2. The predicted octanol–water partition coefficient (Wildman–Crippen LogP) is 5.39. The highest BCUT2D eigenvalue weighted by molar-refractivity contribution is 7.10. The van der Waals surface area contributed by atoms with E-state index in [1.165, 1.54) is 40.3 Å². The standard InChI is InChI=1S/C24H27N3OS2/c28-23(25-18-6-8-19(9-7-18)26-12-2-1-3-13-26)17-27-14-10-21-20(11-16-30-21)24(27)22-5-4-15-29-22/h4-9,11,15-16,24H,1-3,10,12-14,17H2,(H,25,28). The van der Waals surface area contributed by atoms with E-state index in [4.69, 9.17) is 0 Å². The number of hydrogen-bond donors (Lipinski definition) is 1. The third-order valence-corrected chi connectivity index (χ3v) is 8.02. The summed E-state index contributed by atoms with van der Waals surface area (Å²) in [6, 6.07) is 15.0. The zero-order valence-corrected chi connectivity index (χ0v) is 18.7. The molecule has 6 heteroatoms. The SMILES string of the molecule is O=C(CN1CCc2sccc2C1c1cccs1)Nc1ccc(N2CCCCC2)cc1. The van der Waals surface area contributed by atoms with Crippen LogP contribution in [0.15, 0.2) is 53.2 Å². The summed E-state index contributed by atoms with van der Waals surface area (Å²) >= 11 is 3.61. The molecule has 156 valence electrons. The number of carbonyl (C=O) groups excluding carboxylic acids is 1. The molecule has 1 N–H and O–H groups in total. The molecule has 4 heterocycles. The fourth-order valence-electron chi connectivity index (χ4n) is 4.61. The van der Waals surface area contributed by atoms with Crippen LogP contribution < -0.4 is 10.2 Å². The number of fused-ring (bicyclic) bond motifs is 1. The van der Waals surface area contributed by atoms with Gasteiger partial charge in [0.1, 0.15) is 0 Å². The maximum atomic E-state index is 12.9. The van der Waals surface area contributed by atoms with E-state index in [9.17, 15) is 4.79 Å². The Morgan fingerprint density at radius 3 is 2.57 bits per heavy atom. The van der Waals surface area contributed by atoms with Gasteiger partial charge in [0.15, 0.2) is 0 Å². The molecule has 0 aliphatic carbocycles. The van der Waals surface area contributed by atoms with Gasteiger partial charge in [0.05, 0.1) is 12.6 Å². The van der Waals surface area contributed by atoms with Gasteiger partial charge in [-0.25, -0.2) is 0 Å².